The smallest absolute Gasteiger partial charge is 0.338 e. The summed E-state index contributed by atoms with van der Waals surface area (Å²) in [6.45, 7) is 1.66. The minimum absolute atomic E-state index is 0.000655. The molecule has 0 unspecified atom stereocenters. The lowest BCUT2D eigenvalue weighted by Gasteiger charge is -2.22. The fourth-order valence-electron chi connectivity index (χ4n) is 4.56. The van der Waals surface area contributed by atoms with Crippen molar-refractivity contribution in [3.8, 4) is 0 Å². The molecule has 6 heteroatoms. The first-order valence-electron chi connectivity index (χ1n) is 8.86. The summed E-state index contributed by atoms with van der Waals surface area (Å²) in [5.74, 6) is 0.751. The molecule has 3 fully saturated rings. The Kier molecular flexibility index (Phi) is 3.90. The van der Waals surface area contributed by atoms with Crippen LogP contribution in [0.15, 0.2) is 18.2 Å². The zero-order valence-electron chi connectivity index (χ0n) is 13.6. The fraction of sp³-hybridized carbons (Fsp3) is 0.611. The number of benzene rings is 1. The Balaban J connectivity index is 1.53. The number of nitro benzene ring substituents is 1. The summed E-state index contributed by atoms with van der Waals surface area (Å²) in [7, 11) is 0. The van der Waals surface area contributed by atoms with Gasteiger partial charge in [-0.05, 0) is 62.5 Å². The van der Waals surface area contributed by atoms with Crippen LogP contribution in [0.25, 0.3) is 0 Å². The van der Waals surface area contributed by atoms with Crippen molar-refractivity contribution in [2.24, 2.45) is 11.8 Å². The highest BCUT2D eigenvalue weighted by Gasteiger charge is 2.41. The summed E-state index contributed by atoms with van der Waals surface area (Å²) >= 11 is 0. The average molecular weight is 330 g/mol. The number of esters is 1. The van der Waals surface area contributed by atoms with E-state index in [4.69, 9.17) is 4.74 Å². The molecule has 0 spiro atoms. The van der Waals surface area contributed by atoms with E-state index in [1.165, 1.54) is 12.5 Å². The Hall–Kier alpha value is -2.11. The van der Waals surface area contributed by atoms with Crippen LogP contribution in [0, 0.1) is 22.0 Å². The molecule has 1 heterocycles. The molecule has 3 aliphatic rings. The minimum atomic E-state index is -0.427. The summed E-state index contributed by atoms with van der Waals surface area (Å²) in [6.07, 6.45) is 6.58. The zero-order valence-corrected chi connectivity index (χ0v) is 13.6. The molecule has 1 aromatic rings. The van der Waals surface area contributed by atoms with Crippen LogP contribution in [0.2, 0.25) is 0 Å². The lowest BCUT2D eigenvalue weighted by molar-refractivity contribution is -0.384. The van der Waals surface area contributed by atoms with Crippen molar-refractivity contribution < 1.29 is 14.5 Å². The van der Waals surface area contributed by atoms with Crippen LogP contribution in [-0.4, -0.2) is 30.1 Å². The molecule has 0 radical (unpaired) electrons. The normalized spacial score (nSPS) is 28.3. The molecule has 0 N–H and O–H groups in total. The number of ether oxygens (including phenoxy) is 1. The first kappa shape index (κ1) is 15.4. The molecule has 1 aliphatic heterocycles. The van der Waals surface area contributed by atoms with Crippen LogP contribution < -0.4 is 4.90 Å². The topological polar surface area (TPSA) is 72.7 Å². The van der Waals surface area contributed by atoms with Crippen molar-refractivity contribution in [3.63, 3.8) is 0 Å². The van der Waals surface area contributed by atoms with Crippen molar-refractivity contribution in [1.29, 1.82) is 0 Å². The van der Waals surface area contributed by atoms with Crippen LogP contribution in [0.5, 0.6) is 0 Å². The zero-order chi connectivity index (χ0) is 16.7. The SMILES string of the molecule is O=C(O[C@H]1C[C@H]2CC[C@H]1C2)c1ccc(N2CCCC2)c([N+](=O)[O-])c1. The van der Waals surface area contributed by atoms with Gasteiger partial charge < -0.3 is 9.64 Å². The van der Waals surface area contributed by atoms with Crippen molar-refractivity contribution in [3.05, 3.63) is 33.9 Å². The average Bonchev–Trinajstić information content (AvgIpc) is 3.32. The van der Waals surface area contributed by atoms with Gasteiger partial charge in [0.05, 0.1) is 10.5 Å². The lowest BCUT2D eigenvalue weighted by atomic mass is 9.98. The van der Waals surface area contributed by atoms with Gasteiger partial charge in [0.15, 0.2) is 0 Å². The van der Waals surface area contributed by atoms with Gasteiger partial charge in [-0.15, -0.1) is 0 Å². The van der Waals surface area contributed by atoms with E-state index in [1.54, 1.807) is 12.1 Å². The molecule has 2 saturated carbocycles. The van der Waals surface area contributed by atoms with E-state index in [1.807, 2.05) is 4.90 Å². The Morgan fingerprint density at radius 1 is 1.21 bits per heavy atom. The molecule has 4 rings (SSSR count). The van der Waals surface area contributed by atoms with Crippen LogP contribution >= 0.6 is 0 Å². The third-order valence-corrected chi connectivity index (χ3v) is 5.79. The molecule has 128 valence electrons. The van der Waals surface area contributed by atoms with Gasteiger partial charge in [0.25, 0.3) is 5.69 Å². The number of anilines is 1. The number of fused-ring (bicyclic) bond motifs is 2. The van der Waals surface area contributed by atoms with Gasteiger partial charge >= 0.3 is 5.97 Å². The Bertz CT molecular complexity index is 669. The van der Waals surface area contributed by atoms with Gasteiger partial charge in [-0.25, -0.2) is 4.79 Å². The van der Waals surface area contributed by atoms with E-state index >= 15 is 0 Å². The Labute approximate surface area is 140 Å². The lowest BCUT2D eigenvalue weighted by Crippen LogP contribution is -2.24. The molecular formula is C18H22N2O4. The first-order valence-corrected chi connectivity index (χ1v) is 8.86. The minimum Gasteiger partial charge on any atom is -0.458 e. The number of rotatable bonds is 4. The summed E-state index contributed by atoms with van der Waals surface area (Å²) < 4.78 is 5.66. The maximum absolute atomic E-state index is 12.4. The highest BCUT2D eigenvalue weighted by atomic mass is 16.6. The maximum Gasteiger partial charge on any atom is 0.338 e. The van der Waals surface area contributed by atoms with E-state index < -0.39 is 10.9 Å². The van der Waals surface area contributed by atoms with Crippen molar-refractivity contribution in [2.45, 2.75) is 44.6 Å². The van der Waals surface area contributed by atoms with E-state index in [-0.39, 0.29) is 17.4 Å². The number of carbonyl (C=O) groups excluding carboxylic acids is 1. The first-order chi connectivity index (χ1) is 11.6. The van der Waals surface area contributed by atoms with Gasteiger partial charge in [0.2, 0.25) is 0 Å². The fourth-order valence-corrected chi connectivity index (χ4v) is 4.56. The van der Waals surface area contributed by atoms with Gasteiger partial charge in [-0.3, -0.25) is 10.1 Å². The molecule has 1 saturated heterocycles. The van der Waals surface area contributed by atoms with E-state index in [0.29, 0.717) is 17.5 Å². The van der Waals surface area contributed by atoms with Crippen molar-refractivity contribution >= 4 is 17.3 Å². The predicted molar refractivity (Wildman–Crippen MR) is 89.2 cm³/mol. The van der Waals surface area contributed by atoms with Crippen LogP contribution in [0.4, 0.5) is 11.4 Å². The van der Waals surface area contributed by atoms with Crippen LogP contribution in [-0.2, 0) is 4.74 Å². The summed E-state index contributed by atoms with van der Waals surface area (Å²) in [5.41, 5.74) is 0.890. The standard InChI is InChI=1S/C18H22N2O4/c21-18(24-17-10-12-3-4-13(17)9-12)14-5-6-15(16(11-14)20(22)23)19-7-1-2-8-19/h5-6,11-13,17H,1-4,7-10H2/t12-,13-,17-/m0/s1. The van der Waals surface area contributed by atoms with Gasteiger partial charge in [0, 0.05) is 19.2 Å². The molecule has 2 aliphatic carbocycles. The van der Waals surface area contributed by atoms with E-state index in [0.717, 1.165) is 45.2 Å². The monoisotopic (exact) mass is 330 g/mol. The molecule has 2 bridgehead atoms. The Morgan fingerprint density at radius 3 is 2.62 bits per heavy atom. The number of carbonyl (C=O) groups is 1. The molecule has 3 atom stereocenters. The maximum atomic E-state index is 12.4. The van der Waals surface area contributed by atoms with E-state index in [2.05, 4.69) is 0 Å². The molecule has 0 amide bonds. The third-order valence-electron chi connectivity index (χ3n) is 5.79. The highest BCUT2D eigenvalue weighted by molar-refractivity contribution is 5.91. The number of nitro groups is 1. The quantitative estimate of drug-likeness (QED) is 0.479. The molecule has 0 aromatic heterocycles. The third kappa shape index (κ3) is 2.74. The van der Waals surface area contributed by atoms with Gasteiger partial charge in [-0.2, -0.15) is 0 Å². The molecular weight excluding hydrogens is 308 g/mol. The predicted octanol–water partition coefficient (Wildman–Crippen LogP) is 3.54. The summed E-state index contributed by atoms with van der Waals surface area (Å²) in [6, 6.07) is 4.74. The number of nitrogens with zero attached hydrogens (tertiary/aromatic N) is 2. The second kappa shape index (κ2) is 6.07. The van der Waals surface area contributed by atoms with Crippen molar-refractivity contribution in [2.75, 3.05) is 18.0 Å². The molecule has 1 aromatic carbocycles. The summed E-state index contributed by atoms with van der Waals surface area (Å²) in [5, 5.41) is 11.4. The Morgan fingerprint density at radius 2 is 2.00 bits per heavy atom. The van der Waals surface area contributed by atoms with Crippen molar-refractivity contribution in [1.82, 2.24) is 0 Å². The van der Waals surface area contributed by atoms with Gasteiger partial charge in [0.1, 0.15) is 11.8 Å². The van der Waals surface area contributed by atoms with Crippen LogP contribution in [0.3, 0.4) is 0 Å². The van der Waals surface area contributed by atoms with E-state index in [9.17, 15) is 14.9 Å². The highest BCUT2D eigenvalue weighted by Crippen LogP contribution is 2.46. The molecule has 24 heavy (non-hydrogen) atoms. The second-order valence-corrected chi connectivity index (χ2v) is 7.27. The molecule has 6 nitrogen and oxygen atoms in total. The summed E-state index contributed by atoms with van der Waals surface area (Å²) in [4.78, 5) is 25.5. The largest absolute Gasteiger partial charge is 0.458 e. The second-order valence-electron chi connectivity index (χ2n) is 7.27. The van der Waals surface area contributed by atoms with Crippen LogP contribution in [0.1, 0.15) is 48.9 Å². The number of hydrogen-bond acceptors (Lipinski definition) is 5. The number of hydrogen-bond donors (Lipinski definition) is 0. The van der Waals surface area contributed by atoms with Gasteiger partial charge in [-0.1, -0.05) is 0 Å².